The summed E-state index contributed by atoms with van der Waals surface area (Å²) in [6.07, 6.45) is 7.28. The van der Waals surface area contributed by atoms with Crippen molar-refractivity contribution in [1.82, 2.24) is 5.32 Å². The van der Waals surface area contributed by atoms with E-state index in [9.17, 15) is 9.59 Å². The lowest BCUT2D eigenvalue weighted by atomic mass is 9.49. The Labute approximate surface area is 147 Å². The number of hydrogen-bond donors (Lipinski definition) is 2. The second-order valence-electron chi connectivity index (χ2n) is 8.55. The van der Waals surface area contributed by atoms with Crippen LogP contribution in [0.3, 0.4) is 0 Å². The molecule has 5 heteroatoms. The van der Waals surface area contributed by atoms with E-state index >= 15 is 0 Å². The van der Waals surface area contributed by atoms with E-state index < -0.39 is 0 Å². The van der Waals surface area contributed by atoms with Crippen molar-refractivity contribution in [2.75, 3.05) is 11.9 Å². The maximum Gasteiger partial charge on any atom is 0.262 e. The summed E-state index contributed by atoms with van der Waals surface area (Å²) in [6.45, 7) is 0.568. The Kier molecular flexibility index (Phi) is 3.34. The zero-order chi connectivity index (χ0) is 17.0. The van der Waals surface area contributed by atoms with Gasteiger partial charge in [0.05, 0.1) is 5.69 Å². The molecule has 0 saturated heterocycles. The molecule has 0 spiro atoms. The predicted molar refractivity (Wildman–Crippen MR) is 93.0 cm³/mol. The predicted octanol–water partition coefficient (Wildman–Crippen LogP) is 2.85. The van der Waals surface area contributed by atoms with Gasteiger partial charge >= 0.3 is 0 Å². The van der Waals surface area contributed by atoms with Crippen molar-refractivity contribution in [2.24, 2.45) is 23.2 Å². The van der Waals surface area contributed by atoms with Crippen LogP contribution in [0.2, 0.25) is 0 Å². The standard InChI is InChI=1S/C20H24N2O3/c23-18-11-25-17-2-1-12(6-16(17)22-18)10-21-19(24)20-7-13-3-14(8-20)5-15(4-13)9-20/h1-2,6,13-15H,3-5,7-11H2,(H,21,24)(H,22,23). The molecule has 2 N–H and O–H groups in total. The molecular formula is C20H24N2O3. The van der Waals surface area contributed by atoms with E-state index in [4.69, 9.17) is 4.74 Å². The summed E-state index contributed by atoms with van der Waals surface area (Å²) < 4.78 is 5.38. The van der Waals surface area contributed by atoms with Crippen LogP contribution in [0.5, 0.6) is 5.75 Å². The summed E-state index contributed by atoms with van der Waals surface area (Å²) >= 11 is 0. The average Bonchev–Trinajstić information content (AvgIpc) is 2.58. The van der Waals surface area contributed by atoms with Crippen LogP contribution < -0.4 is 15.4 Å². The number of carbonyl (C=O) groups excluding carboxylic acids is 2. The number of ether oxygens (including phenoxy) is 1. The number of carbonyl (C=O) groups is 2. The smallest absolute Gasteiger partial charge is 0.262 e. The molecular weight excluding hydrogens is 316 g/mol. The Balaban J connectivity index is 1.28. The van der Waals surface area contributed by atoms with Crippen LogP contribution in [-0.2, 0) is 16.1 Å². The van der Waals surface area contributed by atoms with Crippen molar-refractivity contribution in [3.63, 3.8) is 0 Å². The number of benzene rings is 1. The lowest BCUT2D eigenvalue weighted by molar-refractivity contribution is -0.146. The zero-order valence-corrected chi connectivity index (χ0v) is 14.3. The quantitative estimate of drug-likeness (QED) is 0.889. The van der Waals surface area contributed by atoms with Gasteiger partial charge < -0.3 is 15.4 Å². The van der Waals surface area contributed by atoms with Gasteiger partial charge in [-0.1, -0.05) is 6.07 Å². The molecule has 0 atom stereocenters. The molecule has 5 aliphatic rings. The summed E-state index contributed by atoms with van der Waals surface area (Å²) in [7, 11) is 0. The number of rotatable bonds is 3. The summed E-state index contributed by atoms with van der Waals surface area (Å²) in [5.74, 6) is 3.11. The van der Waals surface area contributed by atoms with Gasteiger partial charge in [-0.2, -0.15) is 0 Å². The Hall–Kier alpha value is -2.04. The molecule has 0 radical (unpaired) electrons. The monoisotopic (exact) mass is 340 g/mol. The third-order valence-electron chi connectivity index (χ3n) is 6.65. The van der Waals surface area contributed by atoms with Crippen LogP contribution >= 0.6 is 0 Å². The molecule has 1 aromatic rings. The molecule has 1 aliphatic heterocycles. The highest BCUT2D eigenvalue weighted by Crippen LogP contribution is 2.60. The van der Waals surface area contributed by atoms with Crippen LogP contribution in [0.4, 0.5) is 5.69 Å². The van der Waals surface area contributed by atoms with Gasteiger partial charge in [0.15, 0.2) is 6.61 Å². The Morgan fingerprint density at radius 3 is 2.52 bits per heavy atom. The highest BCUT2D eigenvalue weighted by Gasteiger charge is 2.54. The minimum Gasteiger partial charge on any atom is -0.482 e. The summed E-state index contributed by atoms with van der Waals surface area (Å²) in [5.41, 5.74) is 1.57. The van der Waals surface area contributed by atoms with Crippen molar-refractivity contribution in [1.29, 1.82) is 0 Å². The molecule has 4 saturated carbocycles. The Morgan fingerprint density at radius 1 is 1.16 bits per heavy atom. The first kappa shape index (κ1) is 15.2. The van der Waals surface area contributed by atoms with Crippen LogP contribution in [0, 0.1) is 23.2 Å². The molecule has 0 aromatic heterocycles. The lowest BCUT2D eigenvalue weighted by Crippen LogP contribution is -2.53. The fraction of sp³-hybridized carbons (Fsp3) is 0.600. The average molecular weight is 340 g/mol. The molecule has 1 aromatic carbocycles. The number of amides is 2. The van der Waals surface area contributed by atoms with Crippen molar-refractivity contribution in [3.8, 4) is 5.75 Å². The molecule has 132 valence electrons. The number of hydrogen-bond acceptors (Lipinski definition) is 3. The van der Waals surface area contributed by atoms with Crippen LogP contribution in [0.25, 0.3) is 0 Å². The van der Waals surface area contributed by atoms with Gasteiger partial charge in [-0.15, -0.1) is 0 Å². The fourth-order valence-electron chi connectivity index (χ4n) is 6.00. The van der Waals surface area contributed by atoms with Gasteiger partial charge in [0.1, 0.15) is 5.75 Å². The van der Waals surface area contributed by atoms with Crippen LogP contribution in [-0.4, -0.2) is 18.4 Å². The van der Waals surface area contributed by atoms with Gasteiger partial charge in [-0.25, -0.2) is 0 Å². The van der Waals surface area contributed by atoms with Crippen molar-refractivity contribution in [3.05, 3.63) is 23.8 Å². The molecule has 1 heterocycles. The maximum absolute atomic E-state index is 13.0. The van der Waals surface area contributed by atoms with Gasteiger partial charge in [0.25, 0.3) is 5.91 Å². The van der Waals surface area contributed by atoms with E-state index in [1.54, 1.807) is 0 Å². The Bertz CT molecular complexity index is 707. The van der Waals surface area contributed by atoms with E-state index in [1.807, 2.05) is 18.2 Å². The first-order chi connectivity index (χ1) is 12.1. The largest absolute Gasteiger partial charge is 0.482 e. The number of anilines is 1. The topological polar surface area (TPSA) is 67.4 Å². The zero-order valence-electron chi connectivity index (χ0n) is 14.3. The molecule has 25 heavy (non-hydrogen) atoms. The lowest BCUT2D eigenvalue weighted by Gasteiger charge is -2.55. The minimum absolute atomic E-state index is 0.0646. The molecule has 0 unspecified atom stereocenters. The normalized spacial score (nSPS) is 34.9. The fourth-order valence-corrected chi connectivity index (χ4v) is 6.00. The highest BCUT2D eigenvalue weighted by atomic mass is 16.5. The SMILES string of the molecule is O=C1COc2ccc(CNC(=O)C34CC5CC(CC(C5)C3)C4)cc2N1. The molecule has 6 rings (SSSR count). The van der Waals surface area contributed by atoms with E-state index in [2.05, 4.69) is 10.6 Å². The van der Waals surface area contributed by atoms with Gasteiger partial charge in [-0.3, -0.25) is 9.59 Å². The Morgan fingerprint density at radius 2 is 1.84 bits per heavy atom. The third-order valence-corrected chi connectivity index (χ3v) is 6.65. The second kappa shape index (κ2) is 5.48. The first-order valence-corrected chi connectivity index (χ1v) is 9.43. The molecule has 4 aliphatic carbocycles. The highest BCUT2D eigenvalue weighted by molar-refractivity contribution is 5.95. The number of fused-ring (bicyclic) bond motifs is 1. The van der Waals surface area contributed by atoms with Gasteiger partial charge in [0, 0.05) is 12.0 Å². The van der Waals surface area contributed by atoms with Gasteiger partial charge in [-0.05, 0) is 74.0 Å². The molecule has 5 nitrogen and oxygen atoms in total. The van der Waals surface area contributed by atoms with Crippen molar-refractivity contribution >= 4 is 17.5 Å². The van der Waals surface area contributed by atoms with E-state index in [0.29, 0.717) is 18.0 Å². The molecule has 2 amide bonds. The van der Waals surface area contributed by atoms with Crippen LogP contribution in [0.15, 0.2) is 18.2 Å². The number of nitrogens with one attached hydrogen (secondary N) is 2. The summed E-state index contributed by atoms with van der Waals surface area (Å²) in [5, 5.41) is 6.00. The summed E-state index contributed by atoms with van der Waals surface area (Å²) in [6, 6.07) is 5.71. The maximum atomic E-state index is 13.0. The minimum atomic E-state index is -0.137. The van der Waals surface area contributed by atoms with E-state index in [-0.39, 0.29) is 23.8 Å². The first-order valence-electron chi connectivity index (χ1n) is 9.43. The second-order valence-corrected chi connectivity index (χ2v) is 8.55. The van der Waals surface area contributed by atoms with E-state index in [1.165, 1.54) is 19.3 Å². The molecule has 4 fully saturated rings. The van der Waals surface area contributed by atoms with Gasteiger partial charge in [0.2, 0.25) is 5.91 Å². The van der Waals surface area contributed by atoms with E-state index in [0.717, 1.165) is 42.6 Å². The van der Waals surface area contributed by atoms with Crippen LogP contribution in [0.1, 0.15) is 44.1 Å². The van der Waals surface area contributed by atoms with Crippen molar-refractivity contribution in [2.45, 2.75) is 45.1 Å². The molecule has 4 bridgehead atoms. The van der Waals surface area contributed by atoms with Crippen molar-refractivity contribution < 1.29 is 14.3 Å². The third kappa shape index (κ3) is 2.60. The summed E-state index contributed by atoms with van der Waals surface area (Å²) in [4.78, 5) is 24.5.